The lowest BCUT2D eigenvalue weighted by Gasteiger charge is -2.31. The number of non-ortho nitro benzene ring substituents is 1. The minimum atomic E-state index is -0.498. The normalized spacial score (nSPS) is 19.8. The Morgan fingerprint density at radius 3 is 2.60 bits per heavy atom. The summed E-state index contributed by atoms with van der Waals surface area (Å²) < 4.78 is 16.1. The number of hydrogen-bond acceptors (Lipinski definition) is 4. The highest BCUT2D eigenvalue weighted by Gasteiger charge is 2.26. The molecule has 1 aromatic heterocycles. The molecule has 0 radical (unpaired) electrons. The zero-order valence-electron chi connectivity index (χ0n) is 16.4. The van der Waals surface area contributed by atoms with E-state index in [4.69, 9.17) is 16.6 Å². The maximum absolute atomic E-state index is 13.9. The van der Waals surface area contributed by atoms with Crippen LogP contribution in [0.3, 0.4) is 0 Å². The fourth-order valence-electron chi connectivity index (χ4n) is 4.03. The Morgan fingerprint density at radius 1 is 1.20 bits per heavy atom. The van der Waals surface area contributed by atoms with E-state index in [1.54, 1.807) is 18.2 Å². The van der Waals surface area contributed by atoms with Gasteiger partial charge in [-0.25, -0.2) is 9.38 Å². The Labute approximate surface area is 182 Å². The van der Waals surface area contributed by atoms with Crippen LogP contribution in [0.4, 0.5) is 15.8 Å². The molecule has 1 saturated carbocycles. The lowest BCUT2D eigenvalue weighted by molar-refractivity contribution is -0.384. The molecule has 2 aromatic carbocycles. The van der Waals surface area contributed by atoms with Crippen molar-refractivity contribution in [2.45, 2.75) is 38.6 Å². The van der Waals surface area contributed by atoms with Gasteiger partial charge >= 0.3 is 0 Å². The predicted octanol–water partition coefficient (Wildman–Crippen LogP) is 6.90. The maximum atomic E-state index is 13.9. The molecule has 30 heavy (non-hydrogen) atoms. The second-order valence-corrected chi connectivity index (χ2v) is 8.86. The summed E-state index contributed by atoms with van der Waals surface area (Å²) in [5.41, 5.74) is 2.44. The number of rotatable bonds is 4. The van der Waals surface area contributed by atoms with Gasteiger partial charge in [-0.05, 0) is 48.6 Å². The van der Waals surface area contributed by atoms with Gasteiger partial charge in [0.25, 0.3) is 5.69 Å². The third-order valence-electron chi connectivity index (χ3n) is 5.64. The number of nitrogens with zero attached hydrogens (tertiary/aromatic N) is 3. The molecule has 0 amide bonds. The van der Waals surface area contributed by atoms with Gasteiger partial charge in [0.05, 0.1) is 21.3 Å². The Bertz CT molecular complexity index is 1140. The second kappa shape index (κ2) is 8.70. The first-order valence-electron chi connectivity index (χ1n) is 9.88. The quantitative estimate of drug-likeness (QED) is 0.324. The minimum Gasteiger partial charge on any atom is -0.313 e. The fourth-order valence-corrected chi connectivity index (χ4v) is 5.12. The molecule has 0 saturated heterocycles. The standard InChI is InChI=1S/C22H21ClFN3O2S/c1-14-4-2-3-5-20(14)26-21(15-6-9-17(10-7-15)27(28)29)13-30-22(26)25-16-8-11-18(23)19(24)12-16/h6-14,20H,2-5H2,1H3. The van der Waals surface area contributed by atoms with Crippen molar-refractivity contribution in [3.05, 3.63) is 73.6 Å². The predicted molar refractivity (Wildman–Crippen MR) is 118 cm³/mol. The number of nitro groups is 1. The Balaban J connectivity index is 1.85. The Morgan fingerprint density at radius 2 is 1.93 bits per heavy atom. The molecule has 0 N–H and O–H groups in total. The number of benzene rings is 2. The van der Waals surface area contributed by atoms with E-state index in [1.165, 1.54) is 42.0 Å². The first-order valence-corrected chi connectivity index (χ1v) is 11.1. The summed E-state index contributed by atoms with van der Waals surface area (Å²) >= 11 is 7.30. The van der Waals surface area contributed by atoms with E-state index in [0.717, 1.165) is 35.3 Å². The number of hydrogen-bond donors (Lipinski definition) is 0. The van der Waals surface area contributed by atoms with Gasteiger partial charge in [0.1, 0.15) is 5.82 Å². The SMILES string of the molecule is CC1CCCCC1n1c(-c2ccc([N+](=O)[O-])cc2)csc1=Nc1ccc(Cl)c(F)c1. The van der Waals surface area contributed by atoms with Crippen LogP contribution >= 0.6 is 22.9 Å². The van der Waals surface area contributed by atoms with Crippen LogP contribution in [-0.4, -0.2) is 9.49 Å². The summed E-state index contributed by atoms with van der Waals surface area (Å²) in [5, 5.41) is 13.1. The molecule has 156 valence electrons. The zero-order valence-corrected chi connectivity index (χ0v) is 18.0. The van der Waals surface area contributed by atoms with Crippen molar-refractivity contribution in [1.82, 2.24) is 4.57 Å². The zero-order chi connectivity index (χ0) is 21.3. The van der Waals surface area contributed by atoms with Crippen molar-refractivity contribution in [3.8, 4) is 11.3 Å². The highest BCUT2D eigenvalue weighted by Crippen LogP contribution is 2.36. The van der Waals surface area contributed by atoms with Crippen LogP contribution in [0.1, 0.15) is 38.6 Å². The molecule has 1 fully saturated rings. The molecule has 0 aliphatic heterocycles. The molecule has 0 spiro atoms. The summed E-state index contributed by atoms with van der Waals surface area (Å²) in [6.45, 7) is 2.25. The van der Waals surface area contributed by atoms with E-state index in [0.29, 0.717) is 11.6 Å². The molecule has 8 heteroatoms. The molecule has 3 aromatic rings. The number of halogens is 2. The van der Waals surface area contributed by atoms with Crippen molar-refractivity contribution < 1.29 is 9.31 Å². The van der Waals surface area contributed by atoms with Gasteiger partial charge in [-0.1, -0.05) is 31.4 Å². The first kappa shape index (κ1) is 20.8. The van der Waals surface area contributed by atoms with Crippen LogP contribution < -0.4 is 4.80 Å². The molecule has 5 nitrogen and oxygen atoms in total. The van der Waals surface area contributed by atoms with E-state index < -0.39 is 10.7 Å². The first-order chi connectivity index (χ1) is 14.4. The molecule has 2 atom stereocenters. The number of aromatic nitrogens is 1. The highest BCUT2D eigenvalue weighted by atomic mass is 35.5. The molecule has 1 heterocycles. The van der Waals surface area contributed by atoms with E-state index >= 15 is 0 Å². The monoisotopic (exact) mass is 445 g/mol. The minimum absolute atomic E-state index is 0.0631. The molecule has 0 bridgehead atoms. The summed E-state index contributed by atoms with van der Waals surface area (Å²) in [6, 6.07) is 11.4. The van der Waals surface area contributed by atoms with Crippen molar-refractivity contribution in [2.24, 2.45) is 10.9 Å². The van der Waals surface area contributed by atoms with Crippen LogP contribution in [0.5, 0.6) is 0 Å². The van der Waals surface area contributed by atoms with Crippen LogP contribution in [0, 0.1) is 21.8 Å². The second-order valence-electron chi connectivity index (χ2n) is 7.62. The third-order valence-corrected chi connectivity index (χ3v) is 6.79. The number of thiazole rings is 1. The molecular weight excluding hydrogens is 425 g/mol. The summed E-state index contributed by atoms with van der Waals surface area (Å²) in [6.07, 6.45) is 4.54. The van der Waals surface area contributed by atoms with E-state index in [9.17, 15) is 14.5 Å². The van der Waals surface area contributed by atoms with Gasteiger partial charge in [-0.15, -0.1) is 11.3 Å². The molecule has 1 aliphatic carbocycles. The van der Waals surface area contributed by atoms with Gasteiger partial charge in [0.2, 0.25) is 0 Å². The van der Waals surface area contributed by atoms with Crippen LogP contribution in [-0.2, 0) is 0 Å². The van der Waals surface area contributed by atoms with Crippen molar-refractivity contribution in [2.75, 3.05) is 0 Å². The van der Waals surface area contributed by atoms with Crippen LogP contribution in [0.2, 0.25) is 5.02 Å². The molecular formula is C22H21ClFN3O2S. The lowest BCUT2D eigenvalue weighted by Crippen LogP contribution is -2.28. The van der Waals surface area contributed by atoms with Crippen LogP contribution in [0.15, 0.2) is 52.8 Å². The fraction of sp³-hybridized carbons (Fsp3) is 0.318. The van der Waals surface area contributed by atoms with Gasteiger partial charge in [0.15, 0.2) is 4.80 Å². The van der Waals surface area contributed by atoms with Gasteiger partial charge in [-0.2, -0.15) is 0 Å². The summed E-state index contributed by atoms with van der Waals surface area (Å²) in [5.74, 6) is -0.0197. The van der Waals surface area contributed by atoms with E-state index in [1.807, 2.05) is 5.38 Å². The summed E-state index contributed by atoms with van der Waals surface area (Å²) in [4.78, 5) is 16.1. The number of nitro benzene ring substituents is 1. The topological polar surface area (TPSA) is 60.4 Å². The lowest BCUT2D eigenvalue weighted by atomic mass is 9.85. The maximum Gasteiger partial charge on any atom is 0.269 e. The van der Waals surface area contributed by atoms with Gasteiger partial charge in [0, 0.05) is 29.6 Å². The molecule has 1 aliphatic rings. The highest BCUT2D eigenvalue weighted by molar-refractivity contribution is 7.07. The molecule has 2 unspecified atom stereocenters. The van der Waals surface area contributed by atoms with Gasteiger partial charge in [-0.3, -0.25) is 10.1 Å². The summed E-state index contributed by atoms with van der Waals surface area (Å²) in [7, 11) is 0. The largest absolute Gasteiger partial charge is 0.313 e. The average Bonchev–Trinajstić information content (AvgIpc) is 3.14. The van der Waals surface area contributed by atoms with Crippen molar-refractivity contribution in [1.29, 1.82) is 0 Å². The van der Waals surface area contributed by atoms with Crippen molar-refractivity contribution >= 4 is 34.3 Å². The Hall–Kier alpha value is -2.51. The van der Waals surface area contributed by atoms with E-state index in [-0.39, 0.29) is 16.8 Å². The van der Waals surface area contributed by atoms with E-state index in [2.05, 4.69) is 11.5 Å². The van der Waals surface area contributed by atoms with Gasteiger partial charge < -0.3 is 4.57 Å². The average molecular weight is 446 g/mol. The van der Waals surface area contributed by atoms with Crippen molar-refractivity contribution in [3.63, 3.8) is 0 Å². The van der Waals surface area contributed by atoms with Crippen LogP contribution in [0.25, 0.3) is 11.3 Å². The Kier molecular flexibility index (Phi) is 6.01. The molecule has 4 rings (SSSR count). The third kappa shape index (κ3) is 4.18. The smallest absolute Gasteiger partial charge is 0.269 e.